The van der Waals surface area contributed by atoms with Crippen LogP contribution in [0.4, 0.5) is 24.7 Å². The number of hydrogen-bond acceptors (Lipinski definition) is 4. The van der Waals surface area contributed by atoms with Gasteiger partial charge < -0.3 is 11.1 Å². The minimum Gasteiger partial charge on any atom is -0.399 e. The number of halogens is 3. The maximum atomic E-state index is 13.2. The Balaban J connectivity index is 1.78. The van der Waals surface area contributed by atoms with Crippen molar-refractivity contribution in [3.05, 3.63) is 57.9 Å². The summed E-state index contributed by atoms with van der Waals surface area (Å²) in [5.41, 5.74) is 10.5. The molecule has 0 unspecified atom stereocenters. The summed E-state index contributed by atoms with van der Waals surface area (Å²) in [6.45, 7) is 5.79. The predicted octanol–water partition coefficient (Wildman–Crippen LogP) is 5.76. The number of benzene rings is 2. The molecule has 0 spiro atoms. The second-order valence-corrected chi connectivity index (χ2v) is 7.97. The van der Waals surface area contributed by atoms with Crippen LogP contribution in [0.3, 0.4) is 0 Å². The van der Waals surface area contributed by atoms with E-state index in [9.17, 15) is 13.2 Å². The lowest BCUT2D eigenvalue weighted by molar-refractivity contribution is -0.137. The summed E-state index contributed by atoms with van der Waals surface area (Å²) in [7, 11) is 0. The van der Waals surface area contributed by atoms with Crippen LogP contribution in [0.15, 0.2) is 24.3 Å². The molecule has 4 rings (SSSR count). The number of aromatic nitrogens is 2. The quantitative estimate of drug-likeness (QED) is 0.533. The number of nitrogen functional groups attached to an aromatic ring is 1. The molecule has 0 fully saturated rings. The van der Waals surface area contributed by atoms with Crippen LogP contribution >= 0.6 is 0 Å². The minimum atomic E-state index is -4.45. The second-order valence-electron chi connectivity index (χ2n) is 7.97. The Bertz CT molecular complexity index is 1120. The third kappa shape index (κ3) is 3.68. The van der Waals surface area contributed by atoms with Crippen LogP contribution in [0.25, 0.3) is 10.9 Å². The first-order valence-corrected chi connectivity index (χ1v) is 10.2. The third-order valence-corrected chi connectivity index (χ3v) is 5.81. The van der Waals surface area contributed by atoms with Crippen LogP contribution in [0.2, 0.25) is 0 Å². The smallest absolute Gasteiger partial charge is 0.399 e. The molecule has 1 aromatic heterocycles. The largest absolute Gasteiger partial charge is 0.416 e. The number of anilines is 2. The molecule has 0 aliphatic heterocycles. The molecule has 4 nitrogen and oxygen atoms in total. The van der Waals surface area contributed by atoms with E-state index < -0.39 is 17.8 Å². The molecule has 7 heteroatoms. The number of fused-ring (bicyclic) bond motifs is 3. The zero-order valence-corrected chi connectivity index (χ0v) is 17.3. The van der Waals surface area contributed by atoms with E-state index in [2.05, 4.69) is 23.3 Å². The molecule has 2 aromatic carbocycles. The van der Waals surface area contributed by atoms with Crippen molar-refractivity contribution >= 4 is 22.4 Å². The molecule has 0 radical (unpaired) electrons. The highest BCUT2D eigenvalue weighted by Gasteiger charge is 2.31. The molecule has 0 amide bonds. The lowest BCUT2D eigenvalue weighted by atomic mass is 9.97. The fraction of sp³-hybridized carbons (Fsp3) is 0.391. The van der Waals surface area contributed by atoms with E-state index in [1.54, 1.807) is 6.07 Å². The SMILES string of the molecule is CCc1cc2c(N[C@H](C)c3cc(N)cc(C(F)(F)F)c3)nc(C)nc2c2c1CCC2. The lowest BCUT2D eigenvalue weighted by Gasteiger charge is -2.20. The van der Waals surface area contributed by atoms with Crippen molar-refractivity contribution in [2.24, 2.45) is 0 Å². The third-order valence-electron chi connectivity index (χ3n) is 5.81. The molecular weight excluding hydrogens is 389 g/mol. The van der Waals surface area contributed by atoms with Gasteiger partial charge in [-0.05, 0) is 86.1 Å². The fourth-order valence-electron chi connectivity index (χ4n) is 4.37. The Labute approximate surface area is 173 Å². The summed E-state index contributed by atoms with van der Waals surface area (Å²) in [5, 5.41) is 4.24. The Morgan fingerprint density at radius 1 is 1.10 bits per heavy atom. The van der Waals surface area contributed by atoms with E-state index in [-0.39, 0.29) is 5.69 Å². The van der Waals surface area contributed by atoms with Crippen molar-refractivity contribution in [2.75, 3.05) is 11.1 Å². The molecular formula is C23H25F3N4. The Kier molecular flexibility index (Phi) is 5.08. The molecule has 0 saturated heterocycles. The molecule has 1 atom stereocenters. The summed E-state index contributed by atoms with van der Waals surface area (Å²) in [6, 6.07) is 5.38. The average Bonchev–Trinajstić information content (AvgIpc) is 3.16. The van der Waals surface area contributed by atoms with Crippen molar-refractivity contribution in [1.29, 1.82) is 0 Å². The topological polar surface area (TPSA) is 63.8 Å². The average molecular weight is 414 g/mol. The summed E-state index contributed by atoms with van der Waals surface area (Å²) in [6.07, 6.45) is -0.341. The van der Waals surface area contributed by atoms with Crippen molar-refractivity contribution in [1.82, 2.24) is 9.97 Å². The summed E-state index contributed by atoms with van der Waals surface area (Å²) in [4.78, 5) is 9.29. The summed E-state index contributed by atoms with van der Waals surface area (Å²) >= 11 is 0. The maximum absolute atomic E-state index is 13.2. The highest BCUT2D eigenvalue weighted by Crippen LogP contribution is 2.37. The highest BCUT2D eigenvalue weighted by molar-refractivity contribution is 5.93. The van der Waals surface area contributed by atoms with Gasteiger partial charge in [0.2, 0.25) is 0 Å². The van der Waals surface area contributed by atoms with E-state index >= 15 is 0 Å². The van der Waals surface area contributed by atoms with Gasteiger partial charge in [-0.25, -0.2) is 9.97 Å². The molecule has 30 heavy (non-hydrogen) atoms. The first-order valence-electron chi connectivity index (χ1n) is 10.2. The molecule has 1 aliphatic carbocycles. The van der Waals surface area contributed by atoms with Gasteiger partial charge in [0.1, 0.15) is 11.6 Å². The molecule has 0 bridgehead atoms. The zero-order chi connectivity index (χ0) is 21.6. The van der Waals surface area contributed by atoms with Gasteiger partial charge in [-0.1, -0.05) is 6.92 Å². The van der Waals surface area contributed by atoms with E-state index in [0.29, 0.717) is 17.2 Å². The number of nitrogens with one attached hydrogen (secondary N) is 1. The van der Waals surface area contributed by atoms with Crippen LogP contribution in [-0.2, 0) is 25.4 Å². The molecule has 1 heterocycles. The van der Waals surface area contributed by atoms with Gasteiger partial charge in [0.05, 0.1) is 17.1 Å². The Morgan fingerprint density at radius 3 is 2.53 bits per heavy atom. The number of aryl methyl sites for hydroxylation is 3. The number of alkyl halides is 3. The normalized spacial score (nSPS) is 14.7. The minimum absolute atomic E-state index is 0.0864. The molecule has 1 aliphatic rings. The van der Waals surface area contributed by atoms with Crippen LogP contribution in [0.1, 0.15) is 60.0 Å². The standard InChI is InChI=1S/C23H25F3N4/c1-4-14-10-20-21(19-7-5-6-18(14)19)29-13(3)30-22(20)28-12(2)15-8-16(23(24,25)26)11-17(27)9-15/h8-12H,4-7,27H2,1-3H3,(H,28,29,30)/t12-/m1/s1. The van der Waals surface area contributed by atoms with Crippen LogP contribution in [-0.4, -0.2) is 9.97 Å². The summed E-state index contributed by atoms with van der Waals surface area (Å²) in [5.74, 6) is 1.28. The van der Waals surface area contributed by atoms with Crippen molar-refractivity contribution in [3.63, 3.8) is 0 Å². The lowest BCUT2D eigenvalue weighted by Crippen LogP contribution is -2.13. The monoisotopic (exact) mass is 414 g/mol. The van der Waals surface area contributed by atoms with E-state index in [4.69, 9.17) is 10.7 Å². The van der Waals surface area contributed by atoms with Gasteiger partial charge in [0.25, 0.3) is 0 Å². The molecule has 3 N–H and O–H groups in total. The first-order chi connectivity index (χ1) is 14.2. The van der Waals surface area contributed by atoms with Crippen LogP contribution in [0.5, 0.6) is 0 Å². The second kappa shape index (κ2) is 7.45. The number of nitrogens with zero attached hydrogens (tertiary/aromatic N) is 2. The highest BCUT2D eigenvalue weighted by atomic mass is 19.4. The van der Waals surface area contributed by atoms with Gasteiger partial charge in [-0.2, -0.15) is 13.2 Å². The van der Waals surface area contributed by atoms with Gasteiger partial charge in [-0.15, -0.1) is 0 Å². The van der Waals surface area contributed by atoms with E-state index in [1.165, 1.54) is 16.7 Å². The fourth-order valence-corrected chi connectivity index (χ4v) is 4.37. The van der Waals surface area contributed by atoms with Crippen molar-refractivity contribution in [2.45, 2.75) is 58.7 Å². The zero-order valence-electron chi connectivity index (χ0n) is 17.3. The van der Waals surface area contributed by atoms with Gasteiger partial charge >= 0.3 is 6.18 Å². The van der Waals surface area contributed by atoms with Gasteiger partial charge in [0.15, 0.2) is 0 Å². The Morgan fingerprint density at radius 2 is 1.83 bits per heavy atom. The van der Waals surface area contributed by atoms with Gasteiger partial charge in [-0.3, -0.25) is 0 Å². The van der Waals surface area contributed by atoms with Crippen molar-refractivity contribution in [3.8, 4) is 0 Å². The van der Waals surface area contributed by atoms with Gasteiger partial charge in [0, 0.05) is 11.1 Å². The van der Waals surface area contributed by atoms with Crippen molar-refractivity contribution < 1.29 is 13.2 Å². The molecule has 158 valence electrons. The Hall–Kier alpha value is -2.83. The van der Waals surface area contributed by atoms with E-state index in [1.807, 2.05) is 13.8 Å². The van der Waals surface area contributed by atoms with Crippen LogP contribution < -0.4 is 11.1 Å². The summed E-state index contributed by atoms with van der Waals surface area (Å²) < 4.78 is 39.6. The molecule has 3 aromatic rings. The first kappa shape index (κ1) is 20.4. The van der Waals surface area contributed by atoms with Crippen LogP contribution in [0, 0.1) is 6.92 Å². The predicted molar refractivity (Wildman–Crippen MR) is 114 cm³/mol. The molecule has 0 saturated carbocycles. The van der Waals surface area contributed by atoms with E-state index in [0.717, 1.165) is 48.7 Å². The number of rotatable bonds is 4. The number of nitrogens with two attached hydrogens (primary N) is 1. The number of hydrogen-bond donors (Lipinski definition) is 2. The maximum Gasteiger partial charge on any atom is 0.416 e.